The van der Waals surface area contributed by atoms with Crippen molar-refractivity contribution in [2.24, 2.45) is 4.99 Å². The number of nitrogens with one attached hydrogen (secondary N) is 2. The molecule has 0 saturated carbocycles. The van der Waals surface area contributed by atoms with Crippen molar-refractivity contribution in [3.63, 3.8) is 0 Å². The van der Waals surface area contributed by atoms with Crippen LogP contribution in [0, 0.1) is 0 Å². The molecule has 0 spiro atoms. The first-order valence-electron chi connectivity index (χ1n) is 9.00. The van der Waals surface area contributed by atoms with Gasteiger partial charge in [-0.25, -0.2) is 0 Å². The summed E-state index contributed by atoms with van der Waals surface area (Å²) in [5, 5.41) is 6.64. The standard InChI is InChI=1S/C19H33N3O.HI/c1-3-5-14-21-19(20-4-2)22-15-9-10-16-23-17-13-18-11-7-6-8-12-18;/h6-8,11-12H,3-5,9-10,13-17H2,1-2H3,(H2,20,21,22);1H. The van der Waals surface area contributed by atoms with Crippen LogP contribution in [0.2, 0.25) is 0 Å². The number of benzene rings is 1. The van der Waals surface area contributed by atoms with Crippen LogP contribution in [0.25, 0.3) is 0 Å². The fraction of sp³-hybridized carbons (Fsp3) is 0.632. The molecule has 1 rings (SSSR count). The summed E-state index contributed by atoms with van der Waals surface area (Å²) in [6.07, 6.45) is 5.50. The van der Waals surface area contributed by atoms with Crippen molar-refractivity contribution in [1.82, 2.24) is 10.6 Å². The Morgan fingerprint density at radius 2 is 1.79 bits per heavy atom. The molecule has 0 radical (unpaired) electrons. The van der Waals surface area contributed by atoms with E-state index in [4.69, 9.17) is 4.74 Å². The largest absolute Gasteiger partial charge is 0.381 e. The van der Waals surface area contributed by atoms with E-state index in [1.165, 1.54) is 18.4 Å². The molecule has 4 nitrogen and oxygen atoms in total. The second-order valence-corrected chi connectivity index (χ2v) is 5.60. The fourth-order valence-electron chi connectivity index (χ4n) is 2.17. The molecule has 0 atom stereocenters. The Bertz CT molecular complexity index is 412. The van der Waals surface area contributed by atoms with E-state index in [-0.39, 0.29) is 24.0 Å². The molecule has 0 amide bonds. The molecule has 0 fully saturated rings. The minimum absolute atomic E-state index is 0. The predicted octanol–water partition coefficient (Wildman–Crippen LogP) is 4.00. The second-order valence-electron chi connectivity index (χ2n) is 5.60. The van der Waals surface area contributed by atoms with Gasteiger partial charge in [0.15, 0.2) is 5.96 Å². The summed E-state index contributed by atoms with van der Waals surface area (Å²) in [7, 11) is 0. The SMILES string of the molecule is CCCCNC(=NCCCCOCCc1ccccc1)NCC.I. The van der Waals surface area contributed by atoms with Crippen molar-refractivity contribution in [2.75, 3.05) is 32.8 Å². The van der Waals surface area contributed by atoms with Gasteiger partial charge in [-0.2, -0.15) is 0 Å². The molecule has 138 valence electrons. The van der Waals surface area contributed by atoms with Crippen LogP contribution in [0.15, 0.2) is 35.3 Å². The number of hydrogen-bond acceptors (Lipinski definition) is 2. The first kappa shape index (κ1) is 23.2. The molecule has 5 heteroatoms. The summed E-state index contributed by atoms with van der Waals surface area (Å²) in [5.74, 6) is 0.936. The summed E-state index contributed by atoms with van der Waals surface area (Å²) in [5.41, 5.74) is 1.34. The molecule has 2 N–H and O–H groups in total. The van der Waals surface area contributed by atoms with Gasteiger partial charge in [-0.05, 0) is 38.2 Å². The molecule has 0 heterocycles. The third-order valence-corrected chi connectivity index (χ3v) is 3.51. The fourth-order valence-corrected chi connectivity index (χ4v) is 2.17. The maximum Gasteiger partial charge on any atom is 0.191 e. The van der Waals surface area contributed by atoms with Crippen molar-refractivity contribution >= 4 is 29.9 Å². The van der Waals surface area contributed by atoms with E-state index in [1.807, 2.05) is 6.07 Å². The maximum absolute atomic E-state index is 5.69. The third kappa shape index (κ3) is 12.6. The van der Waals surface area contributed by atoms with Gasteiger partial charge in [0, 0.05) is 26.2 Å². The molecule has 24 heavy (non-hydrogen) atoms. The lowest BCUT2D eigenvalue weighted by Crippen LogP contribution is -2.37. The molecule has 0 aliphatic carbocycles. The lowest BCUT2D eigenvalue weighted by Gasteiger charge is -2.10. The van der Waals surface area contributed by atoms with E-state index in [0.717, 1.165) is 58.1 Å². The Kier molecular flexibility index (Phi) is 16.4. The Morgan fingerprint density at radius 1 is 1.00 bits per heavy atom. The van der Waals surface area contributed by atoms with E-state index in [1.54, 1.807) is 0 Å². The summed E-state index contributed by atoms with van der Waals surface area (Å²) >= 11 is 0. The first-order valence-corrected chi connectivity index (χ1v) is 9.00. The van der Waals surface area contributed by atoms with Crippen molar-refractivity contribution in [3.05, 3.63) is 35.9 Å². The summed E-state index contributed by atoms with van der Waals surface area (Å²) in [6, 6.07) is 10.5. The van der Waals surface area contributed by atoms with Crippen LogP contribution in [0.1, 0.15) is 45.1 Å². The number of guanidine groups is 1. The minimum Gasteiger partial charge on any atom is -0.381 e. The highest BCUT2D eigenvalue weighted by Gasteiger charge is 1.96. The van der Waals surface area contributed by atoms with Crippen molar-refractivity contribution in [2.45, 2.75) is 46.0 Å². The van der Waals surface area contributed by atoms with E-state index in [0.29, 0.717) is 0 Å². The number of aliphatic imine (C=N–C) groups is 1. The molecule has 0 aliphatic rings. The molecule has 0 unspecified atom stereocenters. The Morgan fingerprint density at radius 3 is 2.50 bits per heavy atom. The lowest BCUT2D eigenvalue weighted by molar-refractivity contribution is 0.134. The van der Waals surface area contributed by atoms with Crippen molar-refractivity contribution < 1.29 is 4.74 Å². The van der Waals surface area contributed by atoms with Crippen LogP contribution >= 0.6 is 24.0 Å². The number of ether oxygens (including phenoxy) is 1. The first-order chi connectivity index (χ1) is 11.4. The maximum atomic E-state index is 5.69. The van der Waals surface area contributed by atoms with Gasteiger partial charge in [0.2, 0.25) is 0 Å². The Labute approximate surface area is 164 Å². The van der Waals surface area contributed by atoms with Gasteiger partial charge in [0.25, 0.3) is 0 Å². The van der Waals surface area contributed by atoms with Gasteiger partial charge >= 0.3 is 0 Å². The molecule has 1 aromatic carbocycles. The smallest absolute Gasteiger partial charge is 0.191 e. The van der Waals surface area contributed by atoms with Gasteiger partial charge in [0.1, 0.15) is 0 Å². The third-order valence-electron chi connectivity index (χ3n) is 3.51. The highest BCUT2D eigenvalue weighted by Crippen LogP contribution is 2.00. The molecule has 0 aromatic heterocycles. The normalized spacial score (nSPS) is 11.0. The van der Waals surface area contributed by atoms with Crippen LogP contribution in [0.3, 0.4) is 0 Å². The summed E-state index contributed by atoms with van der Waals surface area (Å²) in [6.45, 7) is 8.66. The zero-order valence-electron chi connectivity index (χ0n) is 15.2. The van der Waals surface area contributed by atoms with E-state index in [2.05, 4.69) is 53.7 Å². The second kappa shape index (κ2) is 17.0. The number of halogens is 1. The van der Waals surface area contributed by atoms with Gasteiger partial charge in [0.05, 0.1) is 6.61 Å². The topological polar surface area (TPSA) is 45.7 Å². The van der Waals surface area contributed by atoms with Gasteiger partial charge in [-0.1, -0.05) is 43.7 Å². The van der Waals surface area contributed by atoms with Crippen LogP contribution in [-0.4, -0.2) is 38.8 Å². The average Bonchev–Trinajstić information content (AvgIpc) is 2.58. The van der Waals surface area contributed by atoms with Crippen LogP contribution in [-0.2, 0) is 11.2 Å². The lowest BCUT2D eigenvalue weighted by atomic mass is 10.2. The average molecular weight is 447 g/mol. The highest BCUT2D eigenvalue weighted by molar-refractivity contribution is 14.0. The van der Waals surface area contributed by atoms with Gasteiger partial charge in [-0.15, -0.1) is 24.0 Å². The number of rotatable bonds is 12. The monoisotopic (exact) mass is 447 g/mol. The Balaban J connectivity index is 0.00000529. The van der Waals surface area contributed by atoms with Crippen molar-refractivity contribution in [1.29, 1.82) is 0 Å². The zero-order chi connectivity index (χ0) is 16.6. The number of nitrogens with zero attached hydrogens (tertiary/aromatic N) is 1. The summed E-state index contributed by atoms with van der Waals surface area (Å²) in [4.78, 5) is 4.59. The molecule has 0 saturated heterocycles. The molecular formula is C19H34IN3O. The molecule has 0 bridgehead atoms. The van der Waals surface area contributed by atoms with Crippen LogP contribution in [0.4, 0.5) is 0 Å². The van der Waals surface area contributed by atoms with Gasteiger partial charge in [-0.3, -0.25) is 4.99 Å². The predicted molar refractivity (Wildman–Crippen MR) is 115 cm³/mol. The van der Waals surface area contributed by atoms with Crippen LogP contribution < -0.4 is 10.6 Å². The van der Waals surface area contributed by atoms with E-state index >= 15 is 0 Å². The molecular weight excluding hydrogens is 413 g/mol. The quantitative estimate of drug-likeness (QED) is 0.220. The summed E-state index contributed by atoms with van der Waals surface area (Å²) < 4.78 is 5.69. The number of hydrogen-bond donors (Lipinski definition) is 2. The van der Waals surface area contributed by atoms with E-state index in [9.17, 15) is 0 Å². The minimum atomic E-state index is 0. The molecule has 0 aliphatic heterocycles. The van der Waals surface area contributed by atoms with Crippen LogP contribution in [0.5, 0.6) is 0 Å². The van der Waals surface area contributed by atoms with Crippen molar-refractivity contribution in [3.8, 4) is 0 Å². The Hall–Kier alpha value is -0.820. The highest BCUT2D eigenvalue weighted by atomic mass is 127. The number of unbranched alkanes of at least 4 members (excludes halogenated alkanes) is 2. The van der Waals surface area contributed by atoms with Gasteiger partial charge < -0.3 is 15.4 Å². The molecule has 1 aromatic rings. The van der Waals surface area contributed by atoms with E-state index < -0.39 is 0 Å². The zero-order valence-corrected chi connectivity index (χ0v) is 17.6.